The van der Waals surface area contributed by atoms with Crippen molar-refractivity contribution in [3.63, 3.8) is 0 Å². The van der Waals surface area contributed by atoms with Crippen LogP contribution in [0.1, 0.15) is 57.2 Å². The molecular formula is C25H30N2O2S. The van der Waals surface area contributed by atoms with Crippen molar-refractivity contribution in [2.45, 2.75) is 63.8 Å². The van der Waals surface area contributed by atoms with Crippen molar-refractivity contribution in [1.82, 2.24) is 10.6 Å². The first-order valence-corrected chi connectivity index (χ1v) is 11.0. The quantitative estimate of drug-likeness (QED) is 0.706. The van der Waals surface area contributed by atoms with E-state index in [1.165, 1.54) is 24.0 Å². The van der Waals surface area contributed by atoms with Crippen molar-refractivity contribution in [1.29, 1.82) is 0 Å². The number of rotatable bonds is 4. The highest BCUT2D eigenvalue weighted by Crippen LogP contribution is 2.47. The topological polar surface area (TPSA) is 50.4 Å². The van der Waals surface area contributed by atoms with Crippen molar-refractivity contribution < 1.29 is 9.53 Å². The van der Waals surface area contributed by atoms with Gasteiger partial charge < -0.3 is 15.4 Å². The van der Waals surface area contributed by atoms with Crippen LogP contribution < -0.4 is 15.4 Å². The Hall–Kier alpha value is -2.40. The lowest BCUT2D eigenvalue weighted by Gasteiger charge is -2.42. The summed E-state index contributed by atoms with van der Waals surface area (Å²) in [5.41, 5.74) is 6.47. The number of thiocarbonyl (C=S) groups is 1. The van der Waals surface area contributed by atoms with E-state index in [1.807, 2.05) is 12.1 Å². The predicted molar refractivity (Wildman–Crippen MR) is 125 cm³/mol. The molecule has 1 fully saturated rings. The first-order valence-electron chi connectivity index (χ1n) is 10.5. The van der Waals surface area contributed by atoms with Gasteiger partial charge in [0, 0.05) is 12.0 Å². The van der Waals surface area contributed by atoms with Gasteiger partial charge in [0.05, 0.1) is 7.11 Å². The minimum absolute atomic E-state index is 0.0740. The van der Waals surface area contributed by atoms with Gasteiger partial charge in [0.15, 0.2) is 5.11 Å². The lowest BCUT2D eigenvalue weighted by molar-refractivity contribution is -0.120. The number of hydrogen-bond acceptors (Lipinski definition) is 3. The summed E-state index contributed by atoms with van der Waals surface area (Å²) in [6, 6.07) is 12.7. The molecule has 1 amide bonds. The Morgan fingerprint density at radius 3 is 2.37 bits per heavy atom. The molecule has 0 bridgehead atoms. The molecule has 0 radical (unpaired) electrons. The standard InChI is InChI=1S/C25H30N2O2S/c1-24(2)10-11-25(3,4)19-14-16(7-8-18(19)24)17-12-15(6-9-21(17)29-5)13-20-22(28)27-23(30)26-20/h6-9,12,14,20H,10-11,13H2,1-5H3,(H2,26,27,28,30). The van der Waals surface area contributed by atoms with Gasteiger partial charge >= 0.3 is 0 Å². The molecule has 1 aliphatic heterocycles. The van der Waals surface area contributed by atoms with Gasteiger partial charge in [-0.15, -0.1) is 0 Å². The molecule has 0 aromatic heterocycles. The molecule has 4 rings (SSSR count). The van der Waals surface area contributed by atoms with Crippen LogP contribution in [0, 0.1) is 0 Å². The van der Waals surface area contributed by atoms with Crippen LogP contribution in [0.25, 0.3) is 11.1 Å². The SMILES string of the molecule is COc1ccc(CC2NC(=S)NC2=O)cc1-c1ccc2c(c1)C(C)(C)CCC2(C)C. The lowest BCUT2D eigenvalue weighted by Crippen LogP contribution is -2.33. The second kappa shape index (κ2) is 7.38. The van der Waals surface area contributed by atoms with E-state index in [2.05, 4.69) is 62.6 Å². The minimum Gasteiger partial charge on any atom is -0.496 e. The first kappa shape index (κ1) is 20.9. The van der Waals surface area contributed by atoms with Crippen molar-refractivity contribution in [2.75, 3.05) is 7.11 Å². The molecular weight excluding hydrogens is 392 g/mol. The number of carbonyl (C=O) groups is 1. The van der Waals surface area contributed by atoms with Crippen LogP contribution in [0.4, 0.5) is 0 Å². The molecule has 2 aromatic carbocycles. The molecule has 4 nitrogen and oxygen atoms in total. The monoisotopic (exact) mass is 422 g/mol. The van der Waals surface area contributed by atoms with Crippen molar-refractivity contribution in [3.8, 4) is 16.9 Å². The molecule has 1 unspecified atom stereocenters. The largest absolute Gasteiger partial charge is 0.496 e. The number of methoxy groups -OCH3 is 1. The summed E-state index contributed by atoms with van der Waals surface area (Å²) in [5, 5.41) is 6.10. The molecule has 2 N–H and O–H groups in total. The third kappa shape index (κ3) is 3.71. The van der Waals surface area contributed by atoms with Crippen molar-refractivity contribution in [3.05, 3.63) is 53.1 Å². The van der Waals surface area contributed by atoms with Crippen LogP contribution in [0.3, 0.4) is 0 Å². The number of hydrogen-bond donors (Lipinski definition) is 2. The van der Waals surface area contributed by atoms with Gasteiger partial charge in [0.25, 0.3) is 0 Å². The number of amides is 1. The number of carbonyl (C=O) groups excluding carboxylic acids is 1. The van der Waals surface area contributed by atoms with E-state index in [9.17, 15) is 4.79 Å². The van der Waals surface area contributed by atoms with Gasteiger partial charge in [-0.3, -0.25) is 4.79 Å². The van der Waals surface area contributed by atoms with Gasteiger partial charge in [0.2, 0.25) is 5.91 Å². The number of benzene rings is 2. The molecule has 30 heavy (non-hydrogen) atoms. The zero-order valence-corrected chi connectivity index (χ0v) is 19.2. The fourth-order valence-electron chi connectivity index (χ4n) is 4.70. The molecule has 158 valence electrons. The normalized spacial score (nSPS) is 21.6. The average molecular weight is 423 g/mol. The second-order valence-corrected chi connectivity index (χ2v) is 10.2. The number of fused-ring (bicyclic) bond motifs is 1. The molecule has 5 heteroatoms. The summed E-state index contributed by atoms with van der Waals surface area (Å²) >= 11 is 5.07. The van der Waals surface area contributed by atoms with Crippen LogP contribution >= 0.6 is 12.2 Å². The highest BCUT2D eigenvalue weighted by Gasteiger charge is 2.37. The van der Waals surface area contributed by atoms with Gasteiger partial charge in [-0.25, -0.2) is 0 Å². The zero-order valence-electron chi connectivity index (χ0n) is 18.4. The Balaban J connectivity index is 1.75. The fraction of sp³-hybridized carbons (Fsp3) is 0.440. The molecule has 1 heterocycles. The van der Waals surface area contributed by atoms with Crippen LogP contribution in [-0.4, -0.2) is 24.2 Å². The van der Waals surface area contributed by atoms with E-state index in [0.29, 0.717) is 11.5 Å². The maximum absolute atomic E-state index is 12.1. The number of ether oxygens (including phenoxy) is 1. The molecule has 0 saturated carbocycles. The van der Waals surface area contributed by atoms with Gasteiger partial charge in [-0.2, -0.15) is 0 Å². The Morgan fingerprint density at radius 1 is 1.03 bits per heavy atom. The van der Waals surface area contributed by atoms with Crippen LogP contribution in [0.5, 0.6) is 5.75 Å². The van der Waals surface area contributed by atoms with Crippen LogP contribution in [0.15, 0.2) is 36.4 Å². The minimum atomic E-state index is -0.331. The van der Waals surface area contributed by atoms with E-state index in [0.717, 1.165) is 22.4 Å². The first-order chi connectivity index (χ1) is 14.1. The van der Waals surface area contributed by atoms with E-state index < -0.39 is 0 Å². The smallest absolute Gasteiger partial charge is 0.249 e. The van der Waals surface area contributed by atoms with E-state index in [1.54, 1.807) is 7.11 Å². The third-order valence-electron chi connectivity index (χ3n) is 6.73. The summed E-state index contributed by atoms with van der Waals surface area (Å²) in [6.45, 7) is 9.36. The predicted octanol–water partition coefficient (Wildman–Crippen LogP) is 4.63. The van der Waals surface area contributed by atoms with Gasteiger partial charge in [-0.05, 0) is 70.3 Å². The average Bonchev–Trinajstić information content (AvgIpc) is 3.02. The molecule has 2 aromatic rings. The molecule has 1 atom stereocenters. The molecule has 1 aliphatic carbocycles. The molecule has 2 aliphatic rings. The van der Waals surface area contributed by atoms with E-state index >= 15 is 0 Å². The zero-order chi connectivity index (χ0) is 21.7. The molecule has 1 saturated heterocycles. The van der Waals surface area contributed by atoms with Crippen LogP contribution in [-0.2, 0) is 22.0 Å². The van der Waals surface area contributed by atoms with Crippen molar-refractivity contribution in [2.24, 2.45) is 0 Å². The highest BCUT2D eigenvalue weighted by molar-refractivity contribution is 7.80. The lowest BCUT2D eigenvalue weighted by atomic mass is 9.63. The Bertz CT molecular complexity index is 1030. The highest BCUT2D eigenvalue weighted by atomic mass is 32.1. The van der Waals surface area contributed by atoms with Gasteiger partial charge in [-0.1, -0.05) is 52.0 Å². The Kier molecular flexibility index (Phi) is 5.13. The second-order valence-electron chi connectivity index (χ2n) is 9.78. The van der Waals surface area contributed by atoms with Gasteiger partial charge in [0.1, 0.15) is 11.8 Å². The Morgan fingerprint density at radius 2 is 1.73 bits per heavy atom. The maximum Gasteiger partial charge on any atom is 0.249 e. The summed E-state index contributed by atoms with van der Waals surface area (Å²) in [7, 11) is 1.70. The summed E-state index contributed by atoms with van der Waals surface area (Å²) < 4.78 is 5.68. The summed E-state index contributed by atoms with van der Waals surface area (Å²) in [6.07, 6.45) is 2.95. The summed E-state index contributed by atoms with van der Waals surface area (Å²) in [5.74, 6) is 0.765. The van der Waals surface area contributed by atoms with Crippen LogP contribution in [0.2, 0.25) is 0 Å². The molecule has 0 spiro atoms. The van der Waals surface area contributed by atoms with E-state index in [-0.39, 0.29) is 22.8 Å². The summed E-state index contributed by atoms with van der Waals surface area (Å²) in [4.78, 5) is 12.1. The Labute approximate surface area is 184 Å². The fourth-order valence-corrected chi connectivity index (χ4v) is 4.95. The van der Waals surface area contributed by atoms with E-state index in [4.69, 9.17) is 17.0 Å². The number of nitrogens with one attached hydrogen (secondary N) is 2. The maximum atomic E-state index is 12.1. The van der Waals surface area contributed by atoms with Crippen molar-refractivity contribution >= 4 is 23.2 Å². The third-order valence-corrected chi connectivity index (χ3v) is 6.95.